The number of benzene rings is 2. The minimum absolute atomic E-state index is 0.0190. The van der Waals surface area contributed by atoms with E-state index in [1.165, 1.54) is 23.7 Å². The summed E-state index contributed by atoms with van der Waals surface area (Å²) in [6, 6.07) is 19.7. The largest absolute Gasteiger partial charge is 0.480 e. The van der Waals surface area contributed by atoms with Crippen LogP contribution in [0.4, 0.5) is 4.39 Å². The maximum Gasteiger partial charge on any atom is 0.321 e. The molecule has 2 aliphatic heterocycles. The second kappa shape index (κ2) is 11.9. The smallest absolute Gasteiger partial charge is 0.321 e. The van der Waals surface area contributed by atoms with Gasteiger partial charge in [0.1, 0.15) is 11.9 Å². The summed E-state index contributed by atoms with van der Waals surface area (Å²) in [5.74, 6) is -0.355. The normalized spacial score (nSPS) is 24.5. The van der Waals surface area contributed by atoms with Gasteiger partial charge in [0.25, 0.3) is 0 Å². The van der Waals surface area contributed by atoms with Gasteiger partial charge in [-0.2, -0.15) is 5.10 Å². The average molecular weight is 573 g/mol. The number of hydrogen-bond acceptors (Lipinski definition) is 4. The molecular formula is C35H45FN4O2. The van der Waals surface area contributed by atoms with E-state index in [1.54, 1.807) is 6.07 Å². The molecule has 0 bridgehead atoms. The van der Waals surface area contributed by atoms with E-state index in [2.05, 4.69) is 56.9 Å². The van der Waals surface area contributed by atoms with Gasteiger partial charge in [-0.05, 0) is 99.3 Å². The molecule has 1 aromatic heterocycles. The maximum atomic E-state index is 14.3. The molecule has 3 aliphatic rings. The lowest BCUT2D eigenvalue weighted by atomic mass is 9.74. The molecular weight excluding hydrogens is 527 g/mol. The molecule has 1 spiro atoms. The van der Waals surface area contributed by atoms with Crippen LogP contribution in [0, 0.1) is 17.7 Å². The number of aliphatic carboxylic acids is 1. The van der Waals surface area contributed by atoms with Gasteiger partial charge in [0, 0.05) is 36.7 Å². The number of likely N-dealkylation sites (N-methyl/N-ethyl adjacent to an activating group) is 1. The minimum atomic E-state index is -0.762. The lowest BCUT2D eigenvalue weighted by Crippen LogP contribution is -2.47. The number of aromatic nitrogens is 2. The molecule has 1 saturated carbocycles. The van der Waals surface area contributed by atoms with Gasteiger partial charge in [0.05, 0.1) is 5.69 Å². The second-order valence-corrected chi connectivity index (χ2v) is 13.5. The monoisotopic (exact) mass is 572 g/mol. The number of nitrogens with zero attached hydrogens (tertiary/aromatic N) is 4. The molecule has 4 atom stereocenters. The molecule has 0 radical (unpaired) electrons. The highest BCUT2D eigenvalue weighted by molar-refractivity contribution is 5.73. The Bertz CT molecular complexity index is 1380. The van der Waals surface area contributed by atoms with Gasteiger partial charge in [-0.15, -0.1) is 0 Å². The summed E-state index contributed by atoms with van der Waals surface area (Å²) in [5, 5.41) is 14.9. The summed E-state index contributed by atoms with van der Waals surface area (Å²) in [4.78, 5) is 16.8. The van der Waals surface area contributed by atoms with Gasteiger partial charge in [-0.25, -0.2) is 4.39 Å². The van der Waals surface area contributed by atoms with Crippen LogP contribution in [0.3, 0.4) is 0 Å². The highest BCUT2D eigenvalue weighted by Crippen LogP contribution is 2.46. The quantitative estimate of drug-likeness (QED) is 0.343. The Balaban J connectivity index is 1.14. The molecule has 6 rings (SSSR count). The van der Waals surface area contributed by atoms with Crippen molar-refractivity contribution in [2.45, 2.75) is 82.3 Å². The van der Waals surface area contributed by atoms with Crippen molar-refractivity contribution >= 4 is 5.97 Å². The Kier molecular flexibility index (Phi) is 8.25. The summed E-state index contributed by atoms with van der Waals surface area (Å²) in [5.41, 5.74) is 5.14. The van der Waals surface area contributed by atoms with E-state index in [0.717, 1.165) is 69.5 Å². The van der Waals surface area contributed by atoms with Crippen molar-refractivity contribution in [3.05, 3.63) is 89.0 Å². The molecule has 1 aliphatic carbocycles. The van der Waals surface area contributed by atoms with Crippen molar-refractivity contribution in [3.8, 4) is 0 Å². The fourth-order valence-corrected chi connectivity index (χ4v) is 8.34. The van der Waals surface area contributed by atoms with Crippen molar-refractivity contribution < 1.29 is 14.3 Å². The molecule has 42 heavy (non-hydrogen) atoms. The molecule has 1 saturated heterocycles. The number of halogens is 1. The van der Waals surface area contributed by atoms with E-state index < -0.39 is 12.0 Å². The fraction of sp³-hybridized carbons (Fsp3) is 0.543. The van der Waals surface area contributed by atoms with E-state index in [9.17, 15) is 14.3 Å². The SMILES string of the molecule is CC(C)[C@H](C(=O)O)N(C)[C@H]1C[C@H](CN2CCC3(CC2)CCn2nc(Cc4ccccc4)cc23)[C@@H](c2cccc(F)c2)C1. The predicted octanol–water partition coefficient (Wildman–Crippen LogP) is 5.95. The molecule has 3 aromatic rings. The third-order valence-electron chi connectivity index (χ3n) is 10.6. The molecule has 2 aromatic carbocycles. The van der Waals surface area contributed by atoms with Gasteiger partial charge in [0.15, 0.2) is 0 Å². The number of carboxylic acids is 1. The van der Waals surface area contributed by atoms with Gasteiger partial charge in [-0.1, -0.05) is 56.3 Å². The molecule has 3 heterocycles. The second-order valence-electron chi connectivity index (χ2n) is 13.5. The number of carboxylic acid groups (broad SMARTS) is 1. The first-order valence-electron chi connectivity index (χ1n) is 15.8. The van der Waals surface area contributed by atoms with Crippen LogP contribution in [0.5, 0.6) is 0 Å². The zero-order valence-electron chi connectivity index (χ0n) is 25.3. The van der Waals surface area contributed by atoms with Crippen LogP contribution in [0.25, 0.3) is 0 Å². The number of fused-ring (bicyclic) bond motifs is 2. The van der Waals surface area contributed by atoms with Crippen LogP contribution in [0.1, 0.15) is 74.4 Å². The number of aryl methyl sites for hydroxylation is 1. The van der Waals surface area contributed by atoms with E-state index in [4.69, 9.17) is 5.10 Å². The summed E-state index contributed by atoms with van der Waals surface area (Å²) in [7, 11) is 1.97. The zero-order valence-corrected chi connectivity index (χ0v) is 25.3. The number of rotatable bonds is 9. The summed E-state index contributed by atoms with van der Waals surface area (Å²) >= 11 is 0. The first-order valence-corrected chi connectivity index (χ1v) is 15.8. The highest BCUT2D eigenvalue weighted by atomic mass is 19.1. The van der Waals surface area contributed by atoms with Crippen LogP contribution in [0.2, 0.25) is 0 Å². The first-order chi connectivity index (χ1) is 20.2. The van der Waals surface area contributed by atoms with Crippen molar-refractivity contribution in [3.63, 3.8) is 0 Å². The van der Waals surface area contributed by atoms with E-state index >= 15 is 0 Å². The van der Waals surface area contributed by atoms with Crippen molar-refractivity contribution in [2.75, 3.05) is 26.7 Å². The van der Waals surface area contributed by atoms with Crippen molar-refractivity contribution in [1.29, 1.82) is 0 Å². The fourth-order valence-electron chi connectivity index (χ4n) is 8.34. The van der Waals surface area contributed by atoms with Crippen molar-refractivity contribution in [2.24, 2.45) is 11.8 Å². The Morgan fingerprint density at radius 1 is 1.05 bits per heavy atom. The first kappa shape index (κ1) is 29.1. The Labute approximate surface area is 249 Å². The highest BCUT2D eigenvalue weighted by Gasteiger charge is 2.45. The number of likely N-dealkylation sites (tertiary alicyclic amines) is 1. The van der Waals surface area contributed by atoms with Crippen LogP contribution < -0.4 is 0 Å². The topological polar surface area (TPSA) is 61.6 Å². The van der Waals surface area contributed by atoms with Gasteiger partial charge in [-0.3, -0.25) is 14.4 Å². The van der Waals surface area contributed by atoms with E-state index in [-0.39, 0.29) is 29.1 Å². The van der Waals surface area contributed by atoms with Gasteiger partial charge < -0.3 is 10.0 Å². The Hall–Kier alpha value is -3.03. The molecule has 6 nitrogen and oxygen atoms in total. The molecule has 1 N–H and O–H groups in total. The van der Waals surface area contributed by atoms with Crippen molar-refractivity contribution in [1.82, 2.24) is 19.6 Å². The van der Waals surface area contributed by atoms with Crippen LogP contribution >= 0.6 is 0 Å². The minimum Gasteiger partial charge on any atom is -0.480 e. The Morgan fingerprint density at radius 2 is 1.79 bits per heavy atom. The van der Waals surface area contributed by atoms with Gasteiger partial charge >= 0.3 is 5.97 Å². The predicted molar refractivity (Wildman–Crippen MR) is 163 cm³/mol. The molecule has 224 valence electrons. The standard InChI is InChI=1S/C35H45FN4O2/c1-24(2)33(34(41)42)38(3)30-20-27(31(22-30)26-10-7-11-28(36)19-26)23-39-15-12-35(13-16-39)14-17-40-32(35)21-29(37-40)18-25-8-5-4-6-9-25/h4-11,19,21,24,27,30-31,33H,12-18,20,22-23H2,1-3H3,(H,41,42)/t27-,30+,31-,33-/m1/s1. The average Bonchev–Trinajstić information content (AvgIpc) is 3.65. The van der Waals surface area contributed by atoms with Gasteiger partial charge in [0.2, 0.25) is 0 Å². The maximum absolute atomic E-state index is 14.3. The number of carbonyl (C=O) groups is 1. The third kappa shape index (κ3) is 5.78. The summed E-state index contributed by atoms with van der Waals surface area (Å²) < 4.78 is 16.6. The molecule has 0 amide bonds. The van der Waals surface area contributed by atoms with Crippen LogP contribution in [0.15, 0.2) is 60.7 Å². The zero-order chi connectivity index (χ0) is 29.4. The molecule has 7 heteroatoms. The lowest BCUT2D eigenvalue weighted by molar-refractivity contribution is -0.145. The molecule has 2 fully saturated rings. The lowest BCUT2D eigenvalue weighted by Gasteiger charge is -2.40. The third-order valence-corrected chi connectivity index (χ3v) is 10.6. The van der Waals surface area contributed by atoms with Crippen LogP contribution in [-0.2, 0) is 23.2 Å². The van der Waals surface area contributed by atoms with E-state index in [1.807, 2.05) is 27.0 Å². The Morgan fingerprint density at radius 3 is 2.48 bits per heavy atom. The van der Waals surface area contributed by atoms with Crippen LogP contribution in [-0.4, -0.2) is 69.4 Å². The summed E-state index contributed by atoms with van der Waals surface area (Å²) in [6.45, 7) is 8.04. The number of piperidine rings is 1. The summed E-state index contributed by atoms with van der Waals surface area (Å²) in [6.07, 6.45) is 6.12. The molecule has 0 unspecified atom stereocenters. The van der Waals surface area contributed by atoms with E-state index in [0.29, 0.717) is 5.92 Å². The number of hydrogen-bond donors (Lipinski definition) is 1.